The number of carbonyl (C=O) groups excluding carboxylic acids is 1. The molecule has 1 unspecified atom stereocenters. The van der Waals surface area contributed by atoms with E-state index in [9.17, 15) is 4.79 Å². The van der Waals surface area contributed by atoms with Crippen LogP contribution in [0.25, 0.3) is 0 Å². The number of likely N-dealkylation sites (N-methyl/N-ethyl adjacent to an activating group) is 1. The topological polar surface area (TPSA) is 50.4 Å². The highest BCUT2D eigenvalue weighted by atomic mass is 16.5. The van der Waals surface area contributed by atoms with Crippen LogP contribution < -0.4 is 10.6 Å². The van der Waals surface area contributed by atoms with E-state index in [0.717, 1.165) is 19.4 Å². The Morgan fingerprint density at radius 3 is 2.93 bits per heavy atom. The van der Waals surface area contributed by atoms with Crippen LogP contribution in [0.4, 0.5) is 0 Å². The molecule has 1 saturated carbocycles. The van der Waals surface area contributed by atoms with Crippen LogP contribution in [0.1, 0.15) is 32.1 Å². The zero-order valence-corrected chi connectivity index (χ0v) is 9.34. The molecule has 15 heavy (non-hydrogen) atoms. The van der Waals surface area contributed by atoms with Gasteiger partial charge in [0.1, 0.15) is 0 Å². The molecule has 1 heterocycles. The first-order valence-corrected chi connectivity index (χ1v) is 5.82. The Hall–Kier alpha value is -0.610. The molecular formula is C11H20N2O2. The predicted molar refractivity (Wildman–Crippen MR) is 57.6 cm³/mol. The van der Waals surface area contributed by atoms with Crippen molar-refractivity contribution >= 4 is 5.91 Å². The molecule has 1 atom stereocenters. The Balaban J connectivity index is 1.75. The van der Waals surface area contributed by atoms with Crippen LogP contribution >= 0.6 is 0 Å². The fourth-order valence-electron chi connectivity index (χ4n) is 2.45. The van der Waals surface area contributed by atoms with Crippen molar-refractivity contribution in [3.63, 3.8) is 0 Å². The number of nitrogens with one attached hydrogen (secondary N) is 2. The van der Waals surface area contributed by atoms with Crippen molar-refractivity contribution in [3.05, 3.63) is 0 Å². The van der Waals surface area contributed by atoms with Crippen molar-refractivity contribution in [1.82, 2.24) is 10.6 Å². The van der Waals surface area contributed by atoms with Crippen molar-refractivity contribution < 1.29 is 9.53 Å². The van der Waals surface area contributed by atoms with Gasteiger partial charge in [0.2, 0.25) is 5.91 Å². The van der Waals surface area contributed by atoms with Crippen LogP contribution in [0.3, 0.4) is 0 Å². The Labute approximate surface area is 90.8 Å². The summed E-state index contributed by atoms with van der Waals surface area (Å²) in [6.07, 6.45) is 5.79. The van der Waals surface area contributed by atoms with Crippen molar-refractivity contribution in [2.75, 3.05) is 20.2 Å². The average molecular weight is 212 g/mol. The molecule has 2 rings (SSSR count). The van der Waals surface area contributed by atoms with Crippen LogP contribution in [-0.2, 0) is 9.53 Å². The van der Waals surface area contributed by atoms with Crippen LogP contribution in [0.5, 0.6) is 0 Å². The van der Waals surface area contributed by atoms with Gasteiger partial charge in [-0.25, -0.2) is 0 Å². The maximum absolute atomic E-state index is 11.1. The highest BCUT2D eigenvalue weighted by Crippen LogP contribution is 2.42. The van der Waals surface area contributed by atoms with E-state index < -0.39 is 0 Å². The quantitative estimate of drug-likeness (QED) is 0.713. The van der Waals surface area contributed by atoms with E-state index >= 15 is 0 Å². The molecular weight excluding hydrogens is 192 g/mol. The van der Waals surface area contributed by atoms with Gasteiger partial charge < -0.3 is 15.4 Å². The molecule has 2 aliphatic rings. The van der Waals surface area contributed by atoms with Gasteiger partial charge in [0.15, 0.2) is 0 Å². The summed E-state index contributed by atoms with van der Waals surface area (Å²) in [7, 11) is 1.67. The Kier molecular flexibility index (Phi) is 3.26. The molecule has 4 heteroatoms. The van der Waals surface area contributed by atoms with Crippen LogP contribution in [0.15, 0.2) is 0 Å². The Morgan fingerprint density at radius 1 is 1.53 bits per heavy atom. The third kappa shape index (κ3) is 2.49. The summed E-state index contributed by atoms with van der Waals surface area (Å²) >= 11 is 0. The standard InChI is InChI=1S/C11H20N2O2/c1-12-10(14)8-13-9-3-6-15-11(7-9)4-2-5-11/h9,13H,2-8H2,1H3,(H,12,14). The van der Waals surface area contributed by atoms with E-state index in [1.807, 2.05) is 0 Å². The van der Waals surface area contributed by atoms with Gasteiger partial charge in [0.25, 0.3) is 0 Å². The number of hydrogen-bond donors (Lipinski definition) is 2. The lowest BCUT2D eigenvalue weighted by atomic mass is 9.74. The molecule has 86 valence electrons. The van der Waals surface area contributed by atoms with Gasteiger partial charge in [-0.3, -0.25) is 4.79 Å². The van der Waals surface area contributed by atoms with E-state index in [2.05, 4.69) is 10.6 Å². The zero-order chi connectivity index (χ0) is 10.7. The Morgan fingerprint density at radius 2 is 2.33 bits per heavy atom. The van der Waals surface area contributed by atoms with E-state index in [4.69, 9.17) is 4.74 Å². The summed E-state index contributed by atoms with van der Waals surface area (Å²) in [5.41, 5.74) is 0.165. The smallest absolute Gasteiger partial charge is 0.233 e. The maximum atomic E-state index is 11.1. The van der Waals surface area contributed by atoms with Gasteiger partial charge in [-0.05, 0) is 32.1 Å². The number of amides is 1. The highest BCUT2D eigenvalue weighted by molar-refractivity contribution is 5.77. The third-order valence-electron chi connectivity index (χ3n) is 3.59. The monoisotopic (exact) mass is 212 g/mol. The van der Waals surface area contributed by atoms with Gasteiger partial charge in [0, 0.05) is 19.7 Å². The fraction of sp³-hybridized carbons (Fsp3) is 0.909. The van der Waals surface area contributed by atoms with Crippen LogP contribution in [0, 0.1) is 0 Å². The molecule has 1 spiro atoms. The molecule has 0 radical (unpaired) electrons. The minimum atomic E-state index is 0.0594. The van der Waals surface area contributed by atoms with Crippen molar-refractivity contribution in [3.8, 4) is 0 Å². The fourth-order valence-corrected chi connectivity index (χ4v) is 2.45. The van der Waals surface area contributed by atoms with Crippen LogP contribution in [0.2, 0.25) is 0 Å². The first-order chi connectivity index (χ1) is 7.24. The number of carbonyl (C=O) groups is 1. The molecule has 1 saturated heterocycles. The zero-order valence-electron chi connectivity index (χ0n) is 9.34. The predicted octanol–water partition coefficient (Wildman–Crippen LogP) is 0.424. The van der Waals surface area contributed by atoms with Gasteiger partial charge in [-0.1, -0.05) is 0 Å². The summed E-state index contributed by atoms with van der Waals surface area (Å²) in [5.74, 6) is 0.0594. The number of ether oxygens (including phenoxy) is 1. The summed E-state index contributed by atoms with van der Waals surface area (Å²) in [6.45, 7) is 1.27. The number of hydrogen-bond acceptors (Lipinski definition) is 3. The second kappa shape index (κ2) is 4.49. The lowest BCUT2D eigenvalue weighted by Gasteiger charge is -2.47. The largest absolute Gasteiger partial charge is 0.375 e. The first-order valence-electron chi connectivity index (χ1n) is 5.82. The molecule has 1 aliphatic heterocycles. The summed E-state index contributed by atoms with van der Waals surface area (Å²) in [6, 6.07) is 0.455. The summed E-state index contributed by atoms with van der Waals surface area (Å²) in [5, 5.41) is 5.92. The molecule has 0 bridgehead atoms. The van der Waals surface area contributed by atoms with Gasteiger partial charge in [-0.15, -0.1) is 0 Å². The molecule has 4 nitrogen and oxygen atoms in total. The first kappa shape index (κ1) is 10.9. The molecule has 1 aliphatic carbocycles. The second-order valence-electron chi connectivity index (χ2n) is 4.63. The SMILES string of the molecule is CNC(=O)CNC1CCOC2(CCC2)C1. The minimum Gasteiger partial charge on any atom is -0.375 e. The Bertz CT molecular complexity index is 239. The minimum absolute atomic E-state index is 0.0594. The van der Waals surface area contributed by atoms with Gasteiger partial charge >= 0.3 is 0 Å². The van der Waals surface area contributed by atoms with Crippen molar-refractivity contribution in [2.24, 2.45) is 0 Å². The summed E-state index contributed by atoms with van der Waals surface area (Å²) in [4.78, 5) is 11.1. The normalized spacial score (nSPS) is 28.5. The maximum Gasteiger partial charge on any atom is 0.233 e. The van der Waals surface area contributed by atoms with Gasteiger partial charge in [0.05, 0.1) is 12.1 Å². The summed E-state index contributed by atoms with van der Waals surface area (Å²) < 4.78 is 5.82. The average Bonchev–Trinajstić information content (AvgIpc) is 2.24. The number of rotatable bonds is 3. The highest BCUT2D eigenvalue weighted by Gasteiger charge is 2.42. The van der Waals surface area contributed by atoms with Gasteiger partial charge in [-0.2, -0.15) is 0 Å². The lowest BCUT2D eigenvalue weighted by molar-refractivity contribution is -0.137. The van der Waals surface area contributed by atoms with E-state index in [0.29, 0.717) is 12.6 Å². The van der Waals surface area contributed by atoms with Crippen LogP contribution in [-0.4, -0.2) is 37.7 Å². The van der Waals surface area contributed by atoms with Crippen molar-refractivity contribution in [1.29, 1.82) is 0 Å². The molecule has 2 fully saturated rings. The molecule has 1 amide bonds. The molecule has 2 N–H and O–H groups in total. The molecule has 0 aromatic rings. The molecule has 0 aromatic heterocycles. The second-order valence-corrected chi connectivity index (χ2v) is 4.63. The lowest BCUT2D eigenvalue weighted by Crippen LogP contribution is -2.52. The van der Waals surface area contributed by atoms with E-state index in [1.54, 1.807) is 7.05 Å². The molecule has 0 aromatic carbocycles. The third-order valence-corrected chi connectivity index (χ3v) is 3.59. The van der Waals surface area contributed by atoms with E-state index in [1.165, 1.54) is 19.3 Å². The van der Waals surface area contributed by atoms with Crippen molar-refractivity contribution in [2.45, 2.75) is 43.7 Å². The van der Waals surface area contributed by atoms with E-state index in [-0.39, 0.29) is 11.5 Å².